The third-order valence-corrected chi connectivity index (χ3v) is 5.88. The second-order valence-corrected chi connectivity index (χ2v) is 8.13. The normalized spacial score (nSPS) is 13.9. The number of carbonyl (C=O) groups excluding carboxylic acids is 2. The van der Waals surface area contributed by atoms with Crippen LogP contribution in [0.3, 0.4) is 0 Å². The first kappa shape index (κ1) is 20.9. The van der Waals surface area contributed by atoms with Crippen molar-refractivity contribution in [2.75, 3.05) is 17.7 Å². The van der Waals surface area contributed by atoms with Gasteiger partial charge in [-0.3, -0.25) is 4.79 Å². The van der Waals surface area contributed by atoms with E-state index >= 15 is 0 Å². The third-order valence-electron chi connectivity index (χ3n) is 5.39. The SMILES string of the molecule is Cc1c(C#N)c(NC(=O)COC(=O)c2cc(Br)ccc2N)n(C2CCCC2)c1C. The number of nitriles is 1. The molecule has 1 fully saturated rings. The summed E-state index contributed by atoms with van der Waals surface area (Å²) in [6, 6.07) is 7.29. The van der Waals surface area contributed by atoms with E-state index in [0.717, 1.165) is 36.9 Å². The summed E-state index contributed by atoms with van der Waals surface area (Å²) in [4.78, 5) is 24.8. The first-order valence-corrected chi connectivity index (χ1v) is 10.3. The number of hydrogen-bond donors (Lipinski definition) is 2. The summed E-state index contributed by atoms with van der Waals surface area (Å²) in [6.45, 7) is 3.37. The molecule has 29 heavy (non-hydrogen) atoms. The van der Waals surface area contributed by atoms with E-state index in [2.05, 4.69) is 27.3 Å². The Hall–Kier alpha value is -2.79. The number of nitrogens with zero attached hydrogens (tertiary/aromatic N) is 2. The zero-order valence-corrected chi connectivity index (χ0v) is 18.0. The summed E-state index contributed by atoms with van der Waals surface area (Å²) in [5, 5.41) is 12.4. The molecule has 0 bridgehead atoms. The zero-order chi connectivity index (χ0) is 21.1. The maximum absolute atomic E-state index is 12.5. The van der Waals surface area contributed by atoms with Gasteiger partial charge in [-0.05, 0) is 50.5 Å². The Morgan fingerprint density at radius 3 is 2.69 bits per heavy atom. The lowest BCUT2D eigenvalue weighted by atomic mass is 10.2. The Balaban J connectivity index is 1.75. The van der Waals surface area contributed by atoms with E-state index in [9.17, 15) is 14.9 Å². The standard InChI is InChI=1S/C21H23BrN4O3/c1-12-13(2)26(15-5-3-4-6-15)20(17(12)10-23)25-19(27)11-29-21(28)16-9-14(22)7-8-18(16)24/h7-9,15H,3-6,11,24H2,1-2H3,(H,25,27). The van der Waals surface area contributed by atoms with Gasteiger partial charge < -0.3 is 20.4 Å². The minimum absolute atomic E-state index is 0.186. The lowest BCUT2D eigenvalue weighted by molar-refractivity contribution is -0.119. The van der Waals surface area contributed by atoms with Crippen LogP contribution in [-0.2, 0) is 9.53 Å². The van der Waals surface area contributed by atoms with Gasteiger partial charge in [-0.25, -0.2) is 4.79 Å². The van der Waals surface area contributed by atoms with Crippen LogP contribution in [0.4, 0.5) is 11.5 Å². The number of aromatic nitrogens is 1. The zero-order valence-electron chi connectivity index (χ0n) is 16.4. The Labute approximate surface area is 178 Å². The summed E-state index contributed by atoms with van der Waals surface area (Å²) in [5.74, 6) is -0.699. The number of carbonyl (C=O) groups is 2. The molecule has 0 aliphatic heterocycles. The molecular weight excluding hydrogens is 436 g/mol. The molecule has 0 radical (unpaired) electrons. The van der Waals surface area contributed by atoms with E-state index in [-0.39, 0.29) is 17.3 Å². The summed E-state index contributed by atoms with van der Waals surface area (Å²) in [6.07, 6.45) is 4.28. The van der Waals surface area contributed by atoms with Crippen LogP contribution in [0.2, 0.25) is 0 Å². The third kappa shape index (κ3) is 4.30. The van der Waals surface area contributed by atoms with Crippen LogP contribution in [0.15, 0.2) is 22.7 Å². The average molecular weight is 459 g/mol. The maximum Gasteiger partial charge on any atom is 0.340 e. The van der Waals surface area contributed by atoms with Crippen molar-refractivity contribution in [3.8, 4) is 6.07 Å². The molecule has 0 unspecified atom stereocenters. The average Bonchev–Trinajstić information content (AvgIpc) is 3.29. The van der Waals surface area contributed by atoms with E-state index in [1.807, 2.05) is 18.4 Å². The highest BCUT2D eigenvalue weighted by atomic mass is 79.9. The number of nitrogen functional groups attached to an aromatic ring is 1. The van der Waals surface area contributed by atoms with Crippen molar-refractivity contribution in [2.24, 2.45) is 0 Å². The van der Waals surface area contributed by atoms with E-state index in [1.165, 1.54) is 0 Å². The number of rotatable bonds is 5. The lowest BCUT2D eigenvalue weighted by Gasteiger charge is -2.19. The van der Waals surface area contributed by atoms with Gasteiger partial charge in [0.15, 0.2) is 6.61 Å². The Kier molecular flexibility index (Phi) is 6.28. The number of amides is 1. The second-order valence-electron chi connectivity index (χ2n) is 7.21. The first-order valence-electron chi connectivity index (χ1n) is 9.47. The van der Waals surface area contributed by atoms with Crippen molar-refractivity contribution in [2.45, 2.75) is 45.6 Å². The molecule has 152 valence electrons. The summed E-state index contributed by atoms with van der Waals surface area (Å²) >= 11 is 3.28. The Morgan fingerprint density at radius 2 is 2.03 bits per heavy atom. The fourth-order valence-corrected chi connectivity index (χ4v) is 4.15. The molecule has 1 aromatic heterocycles. The highest BCUT2D eigenvalue weighted by Gasteiger charge is 2.27. The van der Waals surface area contributed by atoms with Gasteiger partial charge in [-0.2, -0.15) is 5.26 Å². The van der Waals surface area contributed by atoms with E-state index in [4.69, 9.17) is 10.5 Å². The van der Waals surface area contributed by atoms with Crippen LogP contribution in [0.1, 0.15) is 58.9 Å². The van der Waals surface area contributed by atoms with Crippen molar-refractivity contribution in [1.29, 1.82) is 5.26 Å². The van der Waals surface area contributed by atoms with Gasteiger partial charge in [0.2, 0.25) is 0 Å². The molecule has 8 heteroatoms. The predicted octanol–water partition coefficient (Wildman–Crippen LogP) is 4.23. The van der Waals surface area contributed by atoms with Crippen LogP contribution < -0.4 is 11.1 Å². The van der Waals surface area contributed by atoms with Crippen LogP contribution in [0.5, 0.6) is 0 Å². The minimum atomic E-state index is -0.682. The number of nitrogens with one attached hydrogen (secondary N) is 1. The first-order chi connectivity index (χ1) is 13.8. The minimum Gasteiger partial charge on any atom is -0.452 e. The molecule has 7 nitrogen and oxygen atoms in total. The second kappa shape index (κ2) is 8.70. The molecule has 0 atom stereocenters. The van der Waals surface area contributed by atoms with Crippen molar-refractivity contribution in [3.63, 3.8) is 0 Å². The van der Waals surface area contributed by atoms with Crippen LogP contribution in [0.25, 0.3) is 0 Å². The number of halogens is 1. The van der Waals surface area contributed by atoms with Crippen molar-refractivity contribution < 1.29 is 14.3 Å². The molecule has 1 saturated carbocycles. The topological polar surface area (TPSA) is 110 Å². The molecule has 0 spiro atoms. The number of hydrogen-bond acceptors (Lipinski definition) is 5. The monoisotopic (exact) mass is 458 g/mol. The highest BCUT2D eigenvalue weighted by molar-refractivity contribution is 9.10. The maximum atomic E-state index is 12.5. The van der Waals surface area contributed by atoms with E-state index < -0.39 is 18.5 Å². The quantitative estimate of drug-likeness (QED) is 0.514. The smallest absolute Gasteiger partial charge is 0.340 e. The summed E-state index contributed by atoms with van der Waals surface area (Å²) in [5.41, 5.74) is 8.54. The van der Waals surface area contributed by atoms with Gasteiger partial charge in [0, 0.05) is 21.9 Å². The molecule has 1 aliphatic rings. The molecule has 1 heterocycles. The molecule has 1 amide bonds. The predicted molar refractivity (Wildman–Crippen MR) is 114 cm³/mol. The lowest BCUT2D eigenvalue weighted by Crippen LogP contribution is -2.24. The van der Waals surface area contributed by atoms with E-state index in [0.29, 0.717) is 15.9 Å². The Bertz CT molecular complexity index is 1000. The van der Waals surface area contributed by atoms with Gasteiger partial charge in [-0.1, -0.05) is 28.8 Å². The van der Waals surface area contributed by atoms with Gasteiger partial charge in [0.25, 0.3) is 5.91 Å². The van der Waals surface area contributed by atoms with E-state index in [1.54, 1.807) is 18.2 Å². The Morgan fingerprint density at radius 1 is 1.34 bits per heavy atom. The fraction of sp³-hybridized carbons (Fsp3) is 0.381. The number of ether oxygens (including phenoxy) is 1. The molecule has 0 saturated heterocycles. The summed E-state index contributed by atoms with van der Waals surface area (Å²) in [7, 11) is 0. The summed E-state index contributed by atoms with van der Waals surface area (Å²) < 4.78 is 7.86. The van der Waals surface area contributed by atoms with Crippen LogP contribution in [0, 0.1) is 25.2 Å². The van der Waals surface area contributed by atoms with Crippen LogP contribution >= 0.6 is 15.9 Å². The van der Waals surface area contributed by atoms with Crippen LogP contribution in [-0.4, -0.2) is 23.1 Å². The molecule has 2 aromatic rings. The van der Waals surface area contributed by atoms with Gasteiger partial charge in [0.05, 0.1) is 11.1 Å². The number of nitrogens with two attached hydrogens (primary N) is 1. The number of benzene rings is 1. The molecule has 1 aromatic carbocycles. The molecule has 3 rings (SSSR count). The van der Waals surface area contributed by atoms with Crippen molar-refractivity contribution >= 4 is 39.3 Å². The molecule has 3 N–H and O–H groups in total. The van der Waals surface area contributed by atoms with Crippen molar-refractivity contribution in [3.05, 3.63) is 45.1 Å². The molecule has 1 aliphatic carbocycles. The van der Waals surface area contributed by atoms with Crippen molar-refractivity contribution in [1.82, 2.24) is 4.57 Å². The van der Waals surface area contributed by atoms with Gasteiger partial charge in [0.1, 0.15) is 11.9 Å². The highest BCUT2D eigenvalue weighted by Crippen LogP contribution is 2.37. The van der Waals surface area contributed by atoms with Gasteiger partial charge >= 0.3 is 5.97 Å². The molecular formula is C21H23BrN4O3. The number of esters is 1. The largest absolute Gasteiger partial charge is 0.452 e. The number of anilines is 2. The van der Waals surface area contributed by atoms with Gasteiger partial charge in [-0.15, -0.1) is 0 Å². The fourth-order valence-electron chi connectivity index (χ4n) is 3.79.